The van der Waals surface area contributed by atoms with E-state index in [1.54, 1.807) is 30.3 Å². The molecule has 1 N–H and O–H groups in total. The zero-order valence-electron chi connectivity index (χ0n) is 23.4. The van der Waals surface area contributed by atoms with Crippen LogP contribution in [0.15, 0.2) is 77.7 Å². The quantitative estimate of drug-likeness (QED) is 0.286. The van der Waals surface area contributed by atoms with Crippen LogP contribution in [-0.4, -0.2) is 54.0 Å². The van der Waals surface area contributed by atoms with Gasteiger partial charge in [0.05, 0.1) is 5.56 Å². The van der Waals surface area contributed by atoms with Crippen molar-refractivity contribution in [3.8, 4) is 0 Å². The number of sulfonamides is 1. The van der Waals surface area contributed by atoms with E-state index in [1.165, 1.54) is 17.0 Å². The minimum Gasteiger partial charge on any atom is -0.352 e. The molecule has 42 heavy (non-hydrogen) atoms. The fourth-order valence-electron chi connectivity index (χ4n) is 4.82. The molecule has 0 saturated heterocycles. The van der Waals surface area contributed by atoms with Crippen LogP contribution in [0.5, 0.6) is 0 Å². The van der Waals surface area contributed by atoms with Gasteiger partial charge in [-0.05, 0) is 49.6 Å². The average Bonchev–Trinajstić information content (AvgIpc) is 3.17. The van der Waals surface area contributed by atoms with Gasteiger partial charge < -0.3 is 10.2 Å². The molecule has 0 aliphatic carbocycles. The summed E-state index contributed by atoms with van der Waals surface area (Å²) >= 11 is 13.0. The van der Waals surface area contributed by atoms with E-state index in [1.807, 2.05) is 44.2 Å². The van der Waals surface area contributed by atoms with Gasteiger partial charge in [-0.2, -0.15) is 0 Å². The summed E-state index contributed by atoms with van der Waals surface area (Å²) in [6, 6.07) is 19.4. The van der Waals surface area contributed by atoms with Crippen LogP contribution >= 0.6 is 23.2 Å². The number of fused-ring (bicyclic) bond motifs is 1. The summed E-state index contributed by atoms with van der Waals surface area (Å²) in [4.78, 5) is 41.8. The minimum atomic E-state index is -4.00. The smallest absolute Gasteiger partial charge is 0.269 e. The maximum Gasteiger partial charge on any atom is 0.269 e. The fraction of sp³-hybridized carbons (Fsp3) is 0.323. The van der Waals surface area contributed by atoms with Crippen molar-refractivity contribution in [2.75, 3.05) is 6.54 Å². The number of carbonyl (C=O) groups is 3. The van der Waals surface area contributed by atoms with Crippen LogP contribution in [0.2, 0.25) is 10.0 Å². The highest BCUT2D eigenvalue weighted by Gasteiger charge is 2.40. The Morgan fingerprint density at radius 3 is 2.24 bits per heavy atom. The molecule has 1 aliphatic heterocycles. The first-order chi connectivity index (χ1) is 20.0. The third-order valence-corrected chi connectivity index (χ3v) is 9.87. The fourth-order valence-corrected chi connectivity index (χ4v) is 6.94. The van der Waals surface area contributed by atoms with E-state index in [0.29, 0.717) is 22.0 Å². The Kier molecular flexibility index (Phi) is 10.3. The van der Waals surface area contributed by atoms with Gasteiger partial charge in [0.1, 0.15) is 10.9 Å². The van der Waals surface area contributed by atoms with Crippen LogP contribution in [0.3, 0.4) is 0 Å². The molecule has 3 aromatic rings. The number of rotatable bonds is 12. The molecule has 0 fully saturated rings. The molecule has 4 rings (SSSR count). The Labute approximate surface area is 256 Å². The molecule has 0 bridgehead atoms. The zero-order chi connectivity index (χ0) is 30.4. The maximum absolute atomic E-state index is 13.9. The van der Waals surface area contributed by atoms with Gasteiger partial charge in [0.15, 0.2) is 0 Å². The van der Waals surface area contributed by atoms with Gasteiger partial charge in [0.25, 0.3) is 15.9 Å². The number of nitrogens with zero attached hydrogens (tertiary/aromatic N) is 2. The van der Waals surface area contributed by atoms with E-state index in [0.717, 1.165) is 9.87 Å². The molecule has 0 aromatic heterocycles. The van der Waals surface area contributed by atoms with Crippen LogP contribution in [0.25, 0.3) is 0 Å². The van der Waals surface area contributed by atoms with Crippen molar-refractivity contribution in [3.05, 3.63) is 99.5 Å². The monoisotopic (exact) mass is 629 g/mol. The van der Waals surface area contributed by atoms with Gasteiger partial charge in [-0.3, -0.25) is 14.4 Å². The van der Waals surface area contributed by atoms with Gasteiger partial charge in [-0.15, -0.1) is 0 Å². The Morgan fingerprint density at radius 1 is 0.952 bits per heavy atom. The van der Waals surface area contributed by atoms with E-state index in [2.05, 4.69) is 5.32 Å². The molecule has 11 heteroatoms. The first-order valence-electron chi connectivity index (χ1n) is 13.8. The Morgan fingerprint density at radius 2 is 1.60 bits per heavy atom. The summed E-state index contributed by atoms with van der Waals surface area (Å²) in [5.41, 5.74) is 1.47. The molecule has 222 valence electrons. The normalized spacial score (nSPS) is 15.1. The van der Waals surface area contributed by atoms with Crippen molar-refractivity contribution in [2.24, 2.45) is 0 Å². The second kappa shape index (κ2) is 13.7. The number of halogens is 2. The summed E-state index contributed by atoms with van der Waals surface area (Å²) in [7, 11) is -4.00. The first kappa shape index (κ1) is 31.5. The van der Waals surface area contributed by atoms with Crippen molar-refractivity contribution in [1.29, 1.82) is 0 Å². The molecule has 3 aromatic carbocycles. The molecule has 0 unspecified atom stereocenters. The number of benzene rings is 3. The van der Waals surface area contributed by atoms with E-state index in [-0.39, 0.29) is 54.8 Å². The SMILES string of the molecule is CC[C@@H](C)NC(=O)[C@@H](Cc1ccccc1)N(Cc1c(Cl)cccc1Cl)C(=O)CCCN1C(=O)c2ccccc2S1(=O)=O. The highest BCUT2D eigenvalue weighted by molar-refractivity contribution is 7.90. The topological polar surface area (TPSA) is 104 Å². The van der Waals surface area contributed by atoms with Gasteiger partial charge in [-0.1, -0.05) is 78.7 Å². The number of amides is 3. The molecular formula is C31H33Cl2N3O5S. The molecule has 1 heterocycles. The van der Waals surface area contributed by atoms with Gasteiger partial charge in [-0.25, -0.2) is 12.7 Å². The lowest BCUT2D eigenvalue weighted by Gasteiger charge is -2.33. The van der Waals surface area contributed by atoms with E-state index in [4.69, 9.17) is 23.2 Å². The molecule has 2 atom stereocenters. The summed E-state index contributed by atoms with van der Waals surface area (Å²) in [5.74, 6) is -1.34. The Balaban J connectivity index is 1.61. The third kappa shape index (κ3) is 6.97. The lowest BCUT2D eigenvalue weighted by Crippen LogP contribution is -2.52. The Bertz CT molecular complexity index is 1550. The summed E-state index contributed by atoms with van der Waals surface area (Å²) in [6.07, 6.45) is 0.898. The van der Waals surface area contributed by atoms with E-state index >= 15 is 0 Å². The van der Waals surface area contributed by atoms with Gasteiger partial charge in [0.2, 0.25) is 11.8 Å². The van der Waals surface area contributed by atoms with Crippen LogP contribution in [0, 0.1) is 0 Å². The predicted octanol–water partition coefficient (Wildman–Crippen LogP) is 5.47. The molecule has 0 radical (unpaired) electrons. The van der Waals surface area contributed by atoms with Crippen LogP contribution in [0.4, 0.5) is 0 Å². The van der Waals surface area contributed by atoms with Crippen molar-refractivity contribution in [2.45, 2.75) is 63.1 Å². The van der Waals surface area contributed by atoms with E-state index < -0.39 is 27.9 Å². The standard InChI is InChI=1S/C31H33Cl2N3O5S/c1-3-21(2)34-30(38)27(19-22-11-5-4-6-12-22)35(20-24-25(32)14-9-15-26(24)33)29(37)17-10-18-36-31(39)23-13-7-8-16-28(23)42(36,40)41/h4-9,11-16,21,27H,3,10,17-20H2,1-2H3,(H,34,38)/t21-,27-/m1/s1. The second-order valence-electron chi connectivity index (χ2n) is 10.2. The zero-order valence-corrected chi connectivity index (χ0v) is 25.8. The summed E-state index contributed by atoms with van der Waals surface area (Å²) < 4.78 is 26.8. The molecule has 3 amide bonds. The van der Waals surface area contributed by atoms with E-state index in [9.17, 15) is 22.8 Å². The van der Waals surface area contributed by atoms with Crippen molar-refractivity contribution in [1.82, 2.24) is 14.5 Å². The third-order valence-electron chi connectivity index (χ3n) is 7.33. The lowest BCUT2D eigenvalue weighted by atomic mass is 10.0. The number of nitrogens with one attached hydrogen (secondary N) is 1. The largest absolute Gasteiger partial charge is 0.352 e. The van der Waals surface area contributed by atoms with Crippen LogP contribution in [0.1, 0.15) is 54.6 Å². The Hall–Kier alpha value is -3.40. The summed E-state index contributed by atoms with van der Waals surface area (Å²) in [5, 5.41) is 3.71. The van der Waals surface area contributed by atoms with Crippen LogP contribution < -0.4 is 5.32 Å². The molecular weight excluding hydrogens is 597 g/mol. The highest BCUT2D eigenvalue weighted by atomic mass is 35.5. The molecule has 1 aliphatic rings. The minimum absolute atomic E-state index is 0.0326. The highest BCUT2D eigenvalue weighted by Crippen LogP contribution is 2.31. The number of hydrogen-bond acceptors (Lipinski definition) is 5. The molecule has 8 nitrogen and oxygen atoms in total. The van der Waals surface area contributed by atoms with Gasteiger partial charge >= 0.3 is 0 Å². The van der Waals surface area contributed by atoms with Crippen molar-refractivity contribution < 1.29 is 22.8 Å². The van der Waals surface area contributed by atoms with Crippen molar-refractivity contribution in [3.63, 3.8) is 0 Å². The average molecular weight is 631 g/mol. The molecule has 0 spiro atoms. The molecule has 0 saturated carbocycles. The van der Waals surface area contributed by atoms with Crippen molar-refractivity contribution >= 4 is 50.9 Å². The van der Waals surface area contributed by atoms with Crippen LogP contribution in [-0.2, 0) is 32.6 Å². The second-order valence-corrected chi connectivity index (χ2v) is 12.9. The summed E-state index contributed by atoms with van der Waals surface area (Å²) in [6.45, 7) is 3.63. The number of hydrogen-bond donors (Lipinski definition) is 1. The predicted molar refractivity (Wildman–Crippen MR) is 163 cm³/mol. The lowest BCUT2D eigenvalue weighted by molar-refractivity contribution is -0.141. The first-order valence-corrected chi connectivity index (χ1v) is 16.0. The number of carbonyl (C=O) groups excluding carboxylic acids is 3. The maximum atomic E-state index is 13.9. The van der Waals surface area contributed by atoms with Gasteiger partial charge in [0, 0.05) is 47.6 Å².